The summed E-state index contributed by atoms with van der Waals surface area (Å²) in [5.74, 6) is 1.73. The molecule has 1 atom stereocenters. The Balaban J connectivity index is 1.87. The minimum Gasteiger partial charge on any atom is -0.382 e. The van der Waals surface area contributed by atoms with Gasteiger partial charge in [-0.15, -0.1) is 10.2 Å². The van der Waals surface area contributed by atoms with Gasteiger partial charge in [-0.25, -0.2) is 8.42 Å². The Morgan fingerprint density at radius 2 is 2.25 bits per heavy atom. The fourth-order valence-electron chi connectivity index (χ4n) is 1.72. The van der Waals surface area contributed by atoms with Gasteiger partial charge in [0.2, 0.25) is 0 Å². The summed E-state index contributed by atoms with van der Waals surface area (Å²) < 4.78 is 22.4. The summed E-state index contributed by atoms with van der Waals surface area (Å²) in [6.07, 6.45) is 0.720. The third-order valence-corrected chi connectivity index (χ3v) is 4.42. The van der Waals surface area contributed by atoms with E-state index in [-0.39, 0.29) is 11.7 Å². The van der Waals surface area contributed by atoms with E-state index < -0.39 is 9.84 Å². The third kappa shape index (κ3) is 2.82. The van der Waals surface area contributed by atoms with Gasteiger partial charge in [-0.3, -0.25) is 0 Å². The standard InChI is InChI=1S/C9H14N4O2S/c10-8-1-2-9(13-12-8)11-5-7-3-4-16(14,15)6-7/h1-2,7H,3-6H2,(H2,10,12)(H,11,13). The van der Waals surface area contributed by atoms with Crippen LogP contribution < -0.4 is 11.1 Å². The number of nitrogens with one attached hydrogen (secondary N) is 1. The van der Waals surface area contributed by atoms with Crippen molar-refractivity contribution in [1.29, 1.82) is 0 Å². The number of nitrogen functional groups attached to an aromatic ring is 1. The molecule has 1 aromatic heterocycles. The normalized spacial score (nSPS) is 23.1. The smallest absolute Gasteiger partial charge is 0.150 e. The molecule has 0 aliphatic carbocycles. The van der Waals surface area contributed by atoms with Gasteiger partial charge in [0.25, 0.3) is 0 Å². The average Bonchev–Trinajstić information content (AvgIpc) is 2.58. The van der Waals surface area contributed by atoms with Crippen molar-refractivity contribution in [3.63, 3.8) is 0 Å². The van der Waals surface area contributed by atoms with Crippen molar-refractivity contribution in [3.05, 3.63) is 12.1 Å². The van der Waals surface area contributed by atoms with Crippen molar-refractivity contribution < 1.29 is 8.42 Å². The van der Waals surface area contributed by atoms with Crippen LogP contribution in [0, 0.1) is 5.92 Å². The van der Waals surface area contributed by atoms with E-state index in [1.165, 1.54) is 0 Å². The van der Waals surface area contributed by atoms with Crippen molar-refractivity contribution in [2.24, 2.45) is 5.92 Å². The molecule has 7 heteroatoms. The van der Waals surface area contributed by atoms with Crippen LogP contribution in [0.4, 0.5) is 11.6 Å². The van der Waals surface area contributed by atoms with Gasteiger partial charge < -0.3 is 11.1 Å². The summed E-state index contributed by atoms with van der Waals surface area (Å²) in [7, 11) is -2.80. The largest absolute Gasteiger partial charge is 0.382 e. The Kier molecular flexibility index (Phi) is 2.95. The van der Waals surface area contributed by atoms with Gasteiger partial charge >= 0.3 is 0 Å². The van der Waals surface area contributed by atoms with Gasteiger partial charge in [-0.05, 0) is 24.5 Å². The molecule has 2 heterocycles. The molecule has 0 bridgehead atoms. The van der Waals surface area contributed by atoms with Crippen molar-refractivity contribution in [3.8, 4) is 0 Å². The fraction of sp³-hybridized carbons (Fsp3) is 0.556. The van der Waals surface area contributed by atoms with Crippen LogP contribution in [0.25, 0.3) is 0 Å². The molecule has 1 aliphatic heterocycles. The van der Waals surface area contributed by atoms with Crippen LogP contribution in [-0.2, 0) is 9.84 Å². The molecule has 3 N–H and O–H groups in total. The summed E-state index contributed by atoms with van der Waals surface area (Å²) in [4.78, 5) is 0. The molecule has 1 aliphatic rings. The number of aromatic nitrogens is 2. The molecule has 1 saturated heterocycles. The van der Waals surface area contributed by atoms with E-state index in [1.807, 2.05) is 0 Å². The van der Waals surface area contributed by atoms with Crippen LogP contribution in [-0.4, -0.2) is 36.7 Å². The number of nitrogens with zero attached hydrogens (tertiary/aromatic N) is 2. The van der Waals surface area contributed by atoms with E-state index in [2.05, 4.69) is 15.5 Å². The Bertz CT molecular complexity index is 457. The maximum absolute atomic E-state index is 11.2. The molecule has 1 aromatic rings. The summed E-state index contributed by atoms with van der Waals surface area (Å²) in [5.41, 5.74) is 5.40. The lowest BCUT2D eigenvalue weighted by molar-refractivity contribution is 0.595. The number of hydrogen-bond acceptors (Lipinski definition) is 6. The van der Waals surface area contributed by atoms with Crippen molar-refractivity contribution in [1.82, 2.24) is 10.2 Å². The van der Waals surface area contributed by atoms with Crippen LogP contribution in [0.1, 0.15) is 6.42 Å². The van der Waals surface area contributed by atoms with Gasteiger partial charge in [0.05, 0.1) is 11.5 Å². The van der Waals surface area contributed by atoms with Crippen molar-refractivity contribution in [2.75, 3.05) is 29.1 Å². The quantitative estimate of drug-likeness (QED) is 0.768. The predicted octanol–water partition coefficient (Wildman–Crippen LogP) is -0.0946. The van der Waals surface area contributed by atoms with Gasteiger partial charge in [-0.1, -0.05) is 0 Å². The lowest BCUT2D eigenvalue weighted by Gasteiger charge is -2.09. The molecular weight excluding hydrogens is 228 g/mol. The lowest BCUT2D eigenvalue weighted by atomic mass is 10.1. The number of hydrogen-bond donors (Lipinski definition) is 2. The van der Waals surface area contributed by atoms with Gasteiger partial charge in [0, 0.05) is 6.54 Å². The van der Waals surface area contributed by atoms with E-state index in [0.29, 0.717) is 23.9 Å². The zero-order chi connectivity index (χ0) is 11.6. The molecule has 16 heavy (non-hydrogen) atoms. The zero-order valence-electron chi connectivity index (χ0n) is 8.76. The second-order valence-corrected chi connectivity index (χ2v) is 6.22. The molecule has 0 spiro atoms. The van der Waals surface area contributed by atoms with Crippen LogP contribution >= 0.6 is 0 Å². The molecule has 0 aromatic carbocycles. The van der Waals surface area contributed by atoms with E-state index >= 15 is 0 Å². The highest BCUT2D eigenvalue weighted by molar-refractivity contribution is 7.91. The number of rotatable bonds is 3. The first-order valence-electron chi connectivity index (χ1n) is 5.09. The first kappa shape index (κ1) is 11.1. The highest BCUT2D eigenvalue weighted by Gasteiger charge is 2.27. The maximum Gasteiger partial charge on any atom is 0.150 e. The molecule has 0 saturated carbocycles. The first-order valence-corrected chi connectivity index (χ1v) is 6.91. The number of nitrogens with two attached hydrogens (primary N) is 1. The zero-order valence-corrected chi connectivity index (χ0v) is 9.57. The predicted molar refractivity (Wildman–Crippen MR) is 61.7 cm³/mol. The SMILES string of the molecule is Nc1ccc(NCC2CCS(=O)(=O)C2)nn1. The van der Waals surface area contributed by atoms with E-state index in [0.717, 1.165) is 6.42 Å². The van der Waals surface area contributed by atoms with Gasteiger partial charge in [0.15, 0.2) is 9.84 Å². The minimum atomic E-state index is -2.80. The van der Waals surface area contributed by atoms with Crippen LogP contribution in [0.5, 0.6) is 0 Å². The van der Waals surface area contributed by atoms with E-state index in [4.69, 9.17) is 5.73 Å². The molecule has 1 fully saturated rings. The summed E-state index contributed by atoms with van der Waals surface area (Å²) >= 11 is 0. The topological polar surface area (TPSA) is 98.0 Å². The molecule has 6 nitrogen and oxygen atoms in total. The lowest BCUT2D eigenvalue weighted by Crippen LogP contribution is -2.16. The Labute approximate surface area is 94.2 Å². The first-order chi connectivity index (χ1) is 7.55. The van der Waals surface area contributed by atoms with Crippen LogP contribution in [0.2, 0.25) is 0 Å². The minimum absolute atomic E-state index is 0.171. The summed E-state index contributed by atoms with van der Waals surface area (Å²) in [6.45, 7) is 0.609. The Morgan fingerprint density at radius 3 is 2.81 bits per heavy atom. The molecule has 0 amide bonds. The average molecular weight is 242 g/mol. The van der Waals surface area contributed by atoms with E-state index in [9.17, 15) is 8.42 Å². The Hall–Kier alpha value is -1.37. The van der Waals surface area contributed by atoms with Gasteiger partial charge in [-0.2, -0.15) is 0 Å². The second kappa shape index (κ2) is 4.25. The second-order valence-electron chi connectivity index (χ2n) is 3.99. The number of anilines is 2. The maximum atomic E-state index is 11.2. The molecule has 1 unspecified atom stereocenters. The fourth-order valence-corrected chi connectivity index (χ4v) is 3.58. The summed E-state index contributed by atoms with van der Waals surface area (Å²) in [5, 5.41) is 10.6. The van der Waals surface area contributed by atoms with Crippen LogP contribution in [0.15, 0.2) is 12.1 Å². The van der Waals surface area contributed by atoms with Crippen molar-refractivity contribution in [2.45, 2.75) is 6.42 Å². The van der Waals surface area contributed by atoms with Gasteiger partial charge in [0.1, 0.15) is 11.6 Å². The third-order valence-electron chi connectivity index (χ3n) is 2.58. The Morgan fingerprint density at radius 1 is 1.44 bits per heavy atom. The van der Waals surface area contributed by atoms with E-state index in [1.54, 1.807) is 12.1 Å². The highest BCUT2D eigenvalue weighted by atomic mass is 32.2. The molecule has 88 valence electrons. The molecular formula is C9H14N4O2S. The molecule has 2 rings (SSSR count). The summed E-state index contributed by atoms with van der Waals surface area (Å²) in [6, 6.07) is 3.38. The van der Waals surface area contributed by atoms with Crippen LogP contribution in [0.3, 0.4) is 0 Å². The monoisotopic (exact) mass is 242 g/mol. The number of sulfone groups is 1. The highest BCUT2D eigenvalue weighted by Crippen LogP contribution is 2.18. The molecule has 0 radical (unpaired) electrons. The van der Waals surface area contributed by atoms with Crippen molar-refractivity contribution >= 4 is 21.5 Å².